The number of rotatable bonds is 6. The molecule has 2 aliphatic rings. The van der Waals surface area contributed by atoms with Crippen molar-refractivity contribution >= 4 is 5.91 Å². The Morgan fingerprint density at radius 3 is 2.62 bits per heavy atom. The Bertz CT molecular complexity index is 1070. The molecular formula is C26H39N5O3. The van der Waals surface area contributed by atoms with E-state index in [4.69, 9.17) is 0 Å². The number of hydrogen-bond donors (Lipinski definition) is 1. The van der Waals surface area contributed by atoms with E-state index in [0.29, 0.717) is 31.1 Å². The van der Waals surface area contributed by atoms with E-state index in [-0.39, 0.29) is 23.9 Å². The van der Waals surface area contributed by atoms with E-state index >= 15 is 0 Å². The Kier molecular flexibility index (Phi) is 6.99. The maximum atomic E-state index is 13.2. The molecule has 2 atom stereocenters. The molecule has 2 fully saturated rings. The van der Waals surface area contributed by atoms with Crippen molar-refractivity contribution in [2.75, 3.05) is 13.1 Å². The largest absolute Gasteiger partial charge is 0.387 e. The summed E-state index contributed by atoms with van der Waals surface area (Å²) in [6.07, 6.45) is 10.9. The van der Waals surface area contributed by atoms with E-state index in [1.807, 2.05) is 24.8 Å². The van der Waals surface area contributed by atoms with Crippen molar-refractivity contribution in [2.45, 2.75) is 77.9 Å². The van der Waals surface area contributed by atoms with Crippen molar-refractivity contribution in [2.24, 2.45) is 24.3 Å². The molecule has 1 saturated heterocycles. The number of aryl methyl sites for hydroxylation is 1. The minimum absolute atomic E-state index is 0.0106. The molecule has 1 amide bonds. The lowest BCUT2D eigenvalue weighted by atomic mass is 9.69. The summed E-state index contributed by atoms with van der Waals surface area (Å²) < 4.78 is 3.15. The second-order valence-corrected chi connectivity index (χ2v) is 11.1. The van der Waals surface area contributed by atoms with Gasteiger partial charge in [-0.05, 0) is 24.8 Å². The van der Waals surface area contributed by atoms with Crippen molar-refractivity contribution in [3.8, 4) is 11.4 Å². The number of aromatic nitrogens is 4. The van der Waals surface area contributed by atoms with E-state index in [2.05, 4.69) is 17.0 Å². The molecule has 2 aromatic rings. The van der Waals surface area contributed by atoms with E-state index in [9.17, 15) is 14.7 Å². The van der Waals surface area contributed by atoms with Crippen LogP contribution < -0.4 is 5.56 Å². The second kappa shape index (κ2) is 9.64. The number of likely N-dealkylation sites (tertiary alicyclic amines) is 1. The molecule has 1 unspecified atom stereocenters. The zero-order valence-electron chi connectivity index (χ0n) is 21.0. The summed E-state index contributed by atoms with van der Waals surface area (Å²) in [4.78, 5) is 32.4. The Morgan fingerprint density at radius 1 is 1.26 bits per heavy atom. The van der Waals surface area contributed by atoms with Gasteiger partial charge in [0.1, 0.15) is 0 Å². The molecule has 0 radical (unpaired) electrons. The molecule has 186 valence electrons. The lowest BCUT2D eigenvalue weighted by Crippen LogP contribution is -2.61. The normalized spacial score (nSPS) is 24.2. The number of amides is 1. The van der Waals surface area contributed by atoms with Gasteiger partial charge in [0.25, 0.3) is 5.56 Å². The minimum atomic E-state index is -1.12. The molecule has 0 aromatic carbocycles. The van der Waals surface area contributed by atoms with Gasteiger partial charge < -0.3 is 10.0 Å². The van der Waals surface area contributed by atoms with E-state index in [1.54, 1.807) is 17.9 Å². The van der Waals surface area contributed by atoms with Gasteiger partial charge in [-0.2, -0.15) is 5.10 Å². The highest BCUT2D eigenvalue weighted by Crippen LogP contribution is 2.40. The van der Waals surface area contributed by atoms with Crippen LogP contribution in [0, 0.1) is 17.3 Å². The summed E-state index contributed by atoms with van der Waals surface area (Å²) in [6.45, 7) is 7.16. The number of hydrogen-bond acceptors (Lipinski definition) is 5. The van der Waals surface area contributed by atoms with Gasteiger partial charge in [0.15, 0.2) is 0 Å². The molecule has 8 heteroatoms. The first-order valence-electron chi connectivity index (χ1n) is 12.7. The molecule has 8 nitrogen and oxygen atoms in total. The molecule has 1 aliphatic heterocycles. The first-order chi connectivity index (χ1) is 16.1. The Balaban J connectivity index is 1.43. The first kappa shape index (κ1) is 24.6. The standard InChI is InChI=1S/C26H39N5O3/c1-19(14-20-8-6-5-7-9-20)24(33)30-13-11-26(34,25(2,3)16-30)17-31-18-27-21(15-23(31)32)22-10-12-28-29(22)4/h10,12,15,18-20,34H,5-9,11,13-14,16-17H2,1-4H3/t19-,26?/m1/s1. The van der Waals surface area contributed by atoms with Gasteiger partial charge in [-0.3, -0.25) is 18.8 Å². The molecule has 4 rings (SSSR count). The Hall–Kier alpha value is -2.48. The third kappa shape index (κ3) is 4.97. The maximum Gasteiger partial charge on any atom is 0.254 e. The SMILES string of the molecule is C[C@H](CC1CCCCC1)C(=O)N1CCC(O)(Cn2cnc(-c3ccnn3C)cc2=O)C(C)(C)C1. The molecule has 3 heterocycles. The number of carbonyl (C=O) groups is 1. The van der Waals surface area contributed by atoms with Crippen molar-refractivity contribution < 1.29 is 9.90 Å². The molecule has 2 aromatic heterocycles. The summed E-state index contributed by atoms with van der Waals surface area (Å²) in [7, 11) is 1.80. The Labute approximate surface area is 202 Å². The van der Waals surface area contributed by atoms with Crippen LogP contribution in [0.15, 0.2) is 29.5 Å². The van der Waals surface area contributed by atoms with Crippen molar-refractivity contribution in [1.82, 2.24) is 24.2 Å². The van der Waals surface area contributed by atoms with E-state index in [1.165, 1.54) is 49.1 Å². The van der Waals surface area contributed by atoms with Crippen LogP contribution in [-0.2, 0) is 18.4 Å². The predicted octanol–water partition coefficient (Wildman–Crippen LogP) is 3.24. The number of nitrogens with zero attached hydrogens (tertiary/aromatic N) is 5. The lowest BCUT2D eigenvalue weighted by Gasteiger charge is -2.50. The Morgan fingerprint density at radius 2 is 2.00 bits per heavy atom. The smallest absolute Gasteiger partial charge is 0.254 e. The average molecular weight is 470 g/mol. The van der Waals surface area contributed by atoms with Crippen molar-refractivity contribution in [3.05, 3.63) is 35.0 Å². The minimum Gasteiger partial charge on any atom is -0.387 e. The zero-order chi connectivity index (χ0) is 24.5. The van der Waals surface area contributed by atoms with Crippen LogP contribution >= 0.6 is 0 Å². The summed E-state index contributed by atoms with van der Waals surface area (Å²) in [5.74, 6) is 0.868. The molecular weight excluding hydrogens is 430 g/mol. The molecule has 1 saturated carbocycles. The molecule has 34 heavy (non-hydrogen) atoms. The van der Waals surface area contributed by atoms with Gasteiger partial charge in [-0.25, -0.2) is 4.98 Å². The van der Waals surface area contributed by atoms with E-state index < -0.39 is 11.0 Å². The van der Waals surface area contributed by atoms with Gasteiger partial charge in [-0.15, -0.1) is 0 Å². The quantitative estimate of drug-likeness (QED) is 0.701. The van der Waals surface area contributed by atoms with Gasteiger partial charge >= 0.3 is 0 Å². The van der Waals surface area contributed by atoms with Gasteiger partial charge in [-0.1, -0.05) is 52.9 Å². The number of piperidine rings is 1. The molecule has 1 N–H and O–H groups in total. The van der Waals surface area contributed by atoms with Crippen LogP contribution in [0.2, 0.25) is 0 Å². The lowest BCUT2D eigenvalue weighted by molar-refractivity contribution is -0.157. The van der Waals surface area contributed by atoms with E-state index in [0.717, 1.165) is 12.1 Å². The van der Waals surface area contributed by atoms with Gasteiger partial charge in [0, 0.05) is 43.7 Å². The van der Waals surface area contributed by atoms with Crippen LogP contribution in [-0.4, -0.2) is 53.9 Å². The highest BCUT2D eigenvalue weighted by molar-refractivity contribution is 5.78. The van der Waals surface area contributed by atoms with Crippen LogP contribution in [0.25, 0.3) is 11.4 Å². The molecule has 0 bridgehead atoms. The van der Waals surface area contributed by atoms with Crippen LogP contribution in [0.3, 0.4) is 0 Å². The van der Waals surface area contributed by atoms with Gasteiger partial charge in [0.05, 0.1) is 29.9 Å². The summed E-state index contributed by atoms with van der Waals surface area (Å²) in [5.41, 5.74) is -0.575. The topological polar surface area (TPSA) is 93.2 Å². The fraction of sp³-hybridized carbons (Fsp3) is 0.692. The number of carbonyl (C=O) groups excluding carboxylic acids is 1. The third-order valence-corrected chi connectivity index (χ3v) is 8.18. The predicted molar refractivity (Wildman–Crippen MR) is 131 cm³/mol. The highest BCUT2D eigenvalue weighted by atomic mass is 16.3. The third-order valence-electron chi connectivity index (χ3n) is 8.18. The highest BCUT2D eigenvalue weighted by Gasteiger charge is 2.49. The fourth-order valence-electron chi connectivity index (χ4n) is 5.77. The maximum absolute atomic E-state index is 13.2. The molecule has 1 aliphatic carbocycles. The first-order valence-corrected chi connectivity index (χ1v) is 12.7. The number of aliphatic hydroxyl groups is 1. The summed E-state index contributed by atoms with van der Waals surface area (Å²) in [6, 6.07) is 3.30. The van der Waals surface area contributed by atoms with Crippen LogP contribution in [0.4, 0.5) is 0 Å². The van der Waals surface area contributed by atoms with Crippen molar-refractivity contribution in [1.29, 1.82) is 0 Å². The zero-order valence-corrected chi connectivity index (χ0v) is 21.0. The van der Waals surface area contributed by atoms with Crippen molar-refractivity contribution in [3.63, 3.8) is 0 Å². The van der Waals surface area contributed by atoms with Gasteiger partial charge in [0.2, 0.25) is 5.91 Å². The summed E-state index contributed by atoms with van der Waals surface area (Å²) >= 11 is 0. The van der Waals surface area contributed by atoms with Crippen LogP contribution in [0.1, 0.15) is 65.7 Å². The molecule has 0 spiro atoms. The van der Waals surface area contributed by atoms with Crippen LogP contribution in [0.5, 0.6) is 0 Å². The fourth-order valence-corrected chi connectivity index (χ4v) is 5.77. The summed E-state index contributed by atoms with van der Waals surface area (Å²) in [5, 5.41) is 15.8. The second-order valence-electron chi connectivity index (χ2n) is 11.1. The monoisotopic (exact) mass is 469 g/mol. The average Bonchev–Trinajstić information content (AvgIpc) is 3.23.